The van der Waals surface area contributed by atoms with Crippen LogP contribution >= 0.6 is 15.9 Å². The number of piperidine rings is 1. The van der Waals surface area contributed by atoms with Crippen LogP contribution in [0.3, 0.4) is 0 Å². The van der Waals surface area contributed by atoms with E-state index < -0.39 is 0 Å². The van der Waals surface area contributed by atoms with Crippen molar-refractivity contribution in [3.05, 3.63) is 44.8 Å². The molecule has 0 bridgehead atoms. The Morgan fingerprint density at radius 1 is 1.10 bits per heavy atom. The topological polar surface area (TPSA) is 54.2 Å². The molecular formula is C23H29BrN4O. The maximum atomic E-state index is 9.69. The summed E-state index contributed by atoms with van der Waals surface area (Å²) >= 11 is 3.62. The predicted octanol–water partition coefficient (Wildman–Crippen LogP) is 4.93. The van der Waals surface area contributed by atoms with Crippen molar-refractivity contribution in [2.24, 2.45) is 5.92 Å². The van der Waals surface area contributed by atoms with Crippen LogP contribution in [0, 0.1) is 40.5 Å². The van der Waals surface area contributed by atoms with Gasteiger partial charge in [-0.05, 0) is 82.2 Å². The van der Waals surface area contributed by atoms with E-state index in [1.807, 2.05) is 6.92 Å². The second kappa shape index (κ2) is 7.73. The summed E-state index contributed by atoms with van der Waals surface area (Å²) in [5, 5.41) is 10.8. The molecule has 1 fully saturated rings. The van der Waals surface area contributed by atoms with Gasteiger partial charge in [-0.25, -0.2) is 9.97 Å². The highest BCUT2D eigenvalue weighted by Gasteiger charge is 2.26. The average Bonchev–Trinajstić information content (AvgIpc) is 2.91. The van der Waals surface area contributed by atoms with Gasteiger partial charge in [0.2, 0.25) is 0 Å². The molecule has 0 spiro atoms. The Morgan fingerprint density at radius 3 is 2.45 bits per heavy atom. The standard InChI is InChI=1S/C23H29BrN4O/c1-13-9-19(24)10-14(2)21(13)28-16(4)15(3)20-22(25-17(5)26-23(20)28)27-8-6-7-18(11-27)12-29/h9-10,18,29H,6-8,11-12H2,1-5H3. The van der Waals surface area contributed by atoms with Crippen LogP contribution in [-0.2, 0) is 0 Å². The number of nitrogens with zero attached hydrogens (tertiary/aromatic N) is 4. The van der Waals surface area contributed by atoms with Crippen LogP contribution in [0.2, 0.25) is 0 Å². The molecule has 0 aliphatic carbocycles. The molecule has 0 saturated carbocycles. The van der Waals surface area contributed by atoms with E-state index in [4.69, 9.17) is 9.97 Å². The molecule has 1 N–H and O–H groups in total. The van der Waals surface area contributed by atoms with Crippen molar-refractivity contribution in [2.45, 2.75) is 47.5 Å². The van der Waals surface area contributed by atoms with E-state index in [1.54, 1.807) is 0 Å². The van der Waals surface area contributed by atoms with Gasteiger partial charge in [0.05, 0.1) is 11.1 Å². The molecule has 154 valence electrons. The van der Waals surface area contributed by atoms with E-state index >= 15 is 0 Å². The summed E-state index contributed by atoms with van der Waals surface area (Å²) in [6.07, 6.45) is 2.16. The van der Waals surface area contributed by atoms with Crippen LogP contribution in [0.5, 0.6) is 0 Å². The first kappa shape index (κ1) is 20.4. The molecule has 0 amide bonds. The van der Waals surface area contributed by atoms with Gasteiger partial charge in [0, 0.05) is 29.9 Å². The van der Waals surface area contributed by atoms with Gasteiger partial charge in [0.1, 0.15) is 11.6 Å². The van der Waals surface area contributed by atoms with Crippen LogP contribution in [-0.4, -0.2) is 39.3 Å². The Labute approximate surface area is 180 Å². The number of aryl methyl sites for hydroxylation is 4. The molecule has 5 nitrogen and oxygen atoms in total. The molecule has 3 aromatic rings. The molecule has 1 aromatic carbocycles. The van der Waals surface area contributed by atoms with Crippen LogP contribution in [0.15, 0.2) is 16.6 Å². The number of rotatable bonds is 3. The SMILES string of the molecule is Cc1nc(N2CCCC(CO)C2)c2c(C)c(C)n(-c3c(C)cc(Br)cc3C)c2n1. The summed E-state index contributed by atoms with van der Waals surface area (Å²) in [5.41, 5.74) is 7.02. The third kappa shape index (κ3) is 3.46. The van der Waals surface area contributed by atoms with Crippen molar-refractivity contribution in [1.29, 1.82) is 0 Å². The number of aliphatic hydroxyl groups excluding tert-OH is 1. The smallest absolute Gasteiger partial charge is 0.150 e. The van der Waals surface area contributed by atoms with E-state index in [9.17, 15) is 5.11 Å². The number of aromatic nitrogens is 3. The minimum absolute atomic E-state index is 0.236. The van der Waals surface area contributed by atoms with Gasteiger partial charge < -0.3 is 10.0 Å². The van der Waals surface area contributed by atoms with Crippen LogP contribution in [0.1, 0.15) is 41.1 Å². The average molecular weight is 457 g/mol. The number of hydrogen-bond donors (Lipinski definition) is 1. The molecule has 0 radical (unpaired) electrons. The monoisotopic (exact) mass is 456 g/mol. The zero-order valence-electron chi connectivity index (χ0n) is 17.9. The summed E-state index contributed by atoms with van der Waals surface area (Å²) in [6, 6.07) is 4.32. The fraction of sp³-hybridized carbons (Fsp3) is 0.478. The summed E-state index contributed by atoms with van der Waals surface area (Å²) in [4.78, 5) is 12.1. The lowest BCUT2D eigenvalue weighted by Crippen LogP contribution is -2.37. The highest BCUT2D eigenvalue weighted by Crippen LogP contribution is 2.37. The zero-order valence-corrected chi connectivity index (χ0v) is 19.5. The Hall–Kier alpha value is -1.92. The number of halogens is 1. The van der Waals surface area contributed by atoms with Gasteiger partial charge in [0.25, 0.3) is 0 Å². The quantitative estimate of drug-likeness (QED) is 0.606. The van der Waals surface area contributed by atoms with Gasteiger partial charge in [-0.15, -0.1) is 0 Å². The first-order valence-corrected chi connectivity index (χ1v) is 11.1. The number of fused-ring (bicyclic) bond motifs is 1. The lowest BCUT2D eigenvalue weighted by Gasteiger charge is -2.33. The molecule has 1 unspecified atom stereocenters. The number of anilines is 1. The summed E-state index contributed by atoms with van der Waals surface area (Å²) in [6.45, 7) is 12.7. The maximum Gasteiger partial charge on any atom is 0.150 e. The van der Waals surface area contributed by atoms with Gasteiger partial charge in [0.15, 0.2) is 5.65 Å². The van der Waals surface area contributed by atoms with Crippen LogP contribution in [0.25, 0.3) is 16.7 Å². The summed E-state index contributed by atoms with van der Waals surface area (Å²) in [7, 11) is 0. The van der Waals surface area contributed by atoms with Crippen molar-refractivity contribution in [3.63, 3.8) is 0 Å². The third-order valence-corrected chi connectivity index (χ3v) is 6.66. The molecule has 1 saturated heterocycles. The fourth-order valence-corrected chi connectivity index (χ4v) is 5.40. The Kier molecular flexibility index (Phi) is 5.42. The highest BCUT2D eigenvalue weighted by atomic mass is 79.9. The molecule has 4 rings (SSSR count). The van der Waals surface area contributed by atoms with Crippen molar-refractivity contribution in [2.75, 3.05) is 24.6 Å². The van der Waals surface area contributed by atoms with Crippen molar-refractivity contribution in [1.82, 2.24) is 14.5 Å². The highest BCUT2D eigenvalue weighted by molar-refractivity contribution is 9.10. The number of benzene rings is 1. The molecule has 29 heavy (non-hydrogen) atoms. The minimum atomic E-state index is 0.236. The molecule has 1 aliphatic heterocycles. The summed E-state index contributed by atoms with van der Waals surface area (Å²) < 4.78 is 3.39. The molecular weight excluding hydrogens is 428 g/mol. The number of hydrogen-bond acceptors (Lipinski definition) is 4. The molecule has 1 atom stereocenters. The van der Waals surface area contributed by atoms with Gasteiger partial charge in [-0.2, -0.15) is 0 Å². The largest absolute Gasteiger partial charge is 0.396 e. The normalized spacial score (nSPS) is 17.3. The van der Waals surface area contributed by atoms with Gasteiger partial charge >= 0.3 is 0 Å². The fourth-order valence-electron chi connectivity index (χ4n) is 4.71. The van der Waals surface area contributed by atoms with E-state index in [-0.39, 0.29) is 6.61 Å². The van der Waals surface area contributed by atoms with E-state index in [0.717, 1.165) is 53.1 Å². The Morgan fingerprint density at radius 2 is 1.79 bits per heavy atom. The number of aliphatic hydroxyl groups is 1. The Bertz CT molecular complexity index is 1070. The lowest BCUT2D eigenvalue weighted by atomic mass is 9.99. The van der Waals surface area contributed by atoms with Crippen molar-refractivity contribution in [3.8, 4) is 5.69 Å². The van der Waals surface area contributed by atoms with E-state index in [1.165, 1.54) is 28.1 Å². The van der Waals surface area contributed by atoms with Gasteiger partial charge in [-0.3, -0.25) is 4.57 Å². The van der Waals surface area contributed by atoms with Crippen LogP contribution in [0.4, 0.5) is 5.82 Å². The molecule has 6 heteroatoms. The van der Waals surface area contributed by atoms with E-state index in [2.05, 4.69) is 65.2 Å². The van der Waals surface area contributed by atoms with Crippen molar-refractivity contribution >= 4 is 32.8 Å². The van der Waals surface area contributed by atoms with E-state index in [0.29, 0.717) is 5.92 Å². The predicted molar refractivity (Wildman–Crippen MR) is 122 cm³/mol. The molecule has 1 aliphatic rings. The van der Waals surface area contributed by atoms with Crippen molar-refractivity contribution < 1.29 is 5.11 Å². The second-order valence-electron chi connectivity index (χ2n) is 8.36. The van der Waals surface area contributed by atoms with Gasteiger partial charge in [-0.1, -0.05) is 15.9 Å². The maximum absolute atomic E-state index is 9.69. The minimum Gasteiger partial charge on any atom is -0.396 e. The Balaban J connectivity index is 1.98. The second-order valence-corrected chi connectivity index (χ2v) is 9.28. The third-order valence-electron chi connectivity index (χ3n) is 6.20. The summed E-state index contributed by atoms with van der Waals surface area (Å²) in [5.74, 6) is 2.11. The molecule has 3 heterocycles. The lowest BCUT2D eigenvalue weighted by molar-refractivity contribution is 0.208. The molecule has 2 aromatic heterocycles. The first-order valence-electron chi connectivity index (χ1n) is 10.3. The van der Waals surface area contributed by atoms with Crippen LogP contribution < -0.4 is 4.90 Å². The first-order chi connectivity index (χ1) is 13.8. The zero-order chi connectivity index (χ0) is 20.9.